The molecule has 1 heterocycles. The maximum absolute atomic E-state index is 12.6. The van der Waals surface area contributed by atoms with Gasteiger partial charge in [-0.3, -0.25) is 19.3 Å². The van der Waals surface area contributed by atoms with E-state index in [4.69, 9.17) is 4.74 Å². The molecule has 1 aliphatic rings. The quantitative estimate of drug-likeness (QED) is 0.419. The molecule has 0 saturated heterocycles. The molecular weight excluding hydrogens is 368 g/mol. The molecular formula is C23H34N2O4. The summed E-state index contributed by atoms with van der Waals surface area (Å²) >= 11 is 0. The van der Waals surface area contributed by atoms with Gasteiger partial charge in [0.05, 0.1) is 5.69 Å². The number of fused-ring (bicyclic) bond motifs is 1. The van der Waals surface area contributed by atoms with Crippen LogP contribution in [0, 0.1) is 0 Å². The number of rotatable bonds is 12. The lowest BCUT2D eigenvalue weighted by Crippen LogP contribution is -2.49. The average Bonchev–Trinajstić information content (AvgIpc) is 2.69. The van der Waals surface area contributed by atoms with Gasteiger partial charge in [-0.25, -0.2) is 0 Å². The standard InChI is InChI=1S/C23H34N2O4/c1-4-5-6-7-8-9-10-11-14-24-22(27)16-25-20-15-19(17(2)26)12-13-21(20)29-18(3)23(25)28/h12-13,15,18H,4-11,14,16H2,1-3H3,(H,24,27). The van der Waals surface area contributed by atoms with Gasteiger partial charge in [-0.05, 0) is 38.5 Å². The number of ketones is 1. The molecule has 1 atom stereocenters. The van der Waals surface area contributed by atoms with E-state index in [2.05, 4.69) is 12.2 Å². The van der Waals surface area contributed by atoms with Crippen molar-refractivity contribution >= 4 is 23.3 Å². The number of Topliss-reactive ketones (excluding diaryl/α,β-unsaturated/α-hetero) is 1. The zero-order valence-electron chi connectivity index (χ0n) is 18.0. The Morgan fingerprint density at radius 2 is 1.72 bits per heavy atom. The maximum atomic E-state index is 12.6. The minimum Gasteiger partial charge on any atom is -0.479 e. The summed E-state index contributed by atoms with van der Waals surface area (Å²) in [5.74, 6) is -0.0639. The van der Waals surface area contributed by atoms with Crippen LogP contribution < -0.4 is 15.0 Å². The van der Waals surface area contributed by atoms with Crippen LogP contribution in [0.15, 0.2) is 18.2 Å². The van der Waals surface area contributed by atoms with Gasteiger partial charge in [0.15, 0.2) is 11.9 Å². The molecule has 6 heteroatoms. The van der Waals surface area contributed by atoms with Crippen molar-refractivity contribution in [1.29, 1.82) is 0 Å². The molecule has 2 amide bonds. The van der Waals surface area contributed by atoms with E-state index in [0.717, 1.165) is 12.8 Å². The van der Waals surface area contributed by atoms with Gasteiger partial charge >= 0.3 is 0 Å². The molecule has 0 aromatic heterocycles. The van der Waals surface area contributed by atoms with Gasteiger partial charge in [0.2, 0.25) is 5.91 Å². The summed E-state index contributed by atoms with van der Waals surface area (Å²) in [7, 11) is 0. The minimum atomic E-state index is -0.661. The predicted molar refractivity (Wildman–Crippen MR) is 115 cm³/mol. The number of ether oxygens (including phenoxy) is 1. The first-order valence-corrected chi connectivity index (χ1v) is 10.8. The number of carbonyl (C=O) groups is 3. The molecule has 0 saturated carbocycles. The summed E-state index contributed by atoms with van der Waals surface area (Å²) in [6, 6.07) is 4.97. The highest BCUT2D eigenvalue weighted by Gasteiger charge is 2.33. The first-order chi connectivity index (χ1) is 13.9. The Morgan fingerprint density at radius 3 is 2.38 bits per heavy atom. The van der Waals surface area contributed by atoms with E-state index < -0.39 is 6.10 Å². The summed E-state index contributed by atoms with van der Waals surface area (Å²) in [5.41, 5.74) is 0.960. The van der Waals surface area contributed by atoms with Gasteiger partial charge in [0, 0.05) is 12.1 Å². The smallest absolute Gasteiger partial charge is 0.268 e. The van der Waals surface area contributed by atoms with Gasteiger partial charge in [-0.2, -0.15) is 0 Å². The molecule has 1 unspecified atom stereocenters. The van der Waals surface area contributed by atoms with Crippen LogP contribution in [0.1, 0.15) is 82.5 Å². The number of hydrogen-bond donors (Lipinski definition) is 1. The van der Waals surface area contributed by atoms with E-state index in [9.17, 15) is 14.4 Å². The van der Waals surface area contributed by atoms with Crippen molar-refractivity contribution in [2.45, 2.75) is 78.2 Å². The van der Waals surface area contributed by atoms with Crippen LogP contribution >= 0.6 is 0 Å². The van der Waals surface area contributed by atoms with Crippen molar-refractivity contribution < 1.29 is 19.1 Å². The molecule has 29 heavy (non-hydrogen) atoms. The Morgan fingerprint density at radius 1 is 1.07 bits per heavy atom. The first-order valence-electron chi connectivity index (χ1n) is 10.8. The SMILES string of the molecule is CCCCCCCCCCNC(=O)CN1C(=O)C(C)Oc2ccc(C(C)=O)cc21. The maximum Gasteiger partial charge on any atom is 0.268 e. The van der Waals surface area contributed by atoms with Crippen LogP contribution in [-0.2, 0) is 9.59 Å². The number of nitrogens with one attached hydrogen (secondary N) is 1. The molecule has 1 aromatic rings. The lowest BCUT2D eigenvalue weighted by molar-refractivity contribution is -0.128. The second kappa shape index (κ2) is 11.6. The van der Waals surface area contributed by atoms with E-state index in [1.165, 1.54) is 50.3 Å². The highest BCUT2D eigenvalue weighted by atomic mass is 16.5. The van der Waals surface area contributed by atoms with Crippen molar-refractivity contribution in [1.82, 2.24) is 5.32 Å². The topological polar surface area (TPSA) is 75.7 Å². The third-order valence-corrected chi connectivity index (χ3v) is 5.23. The molecule has 0 aliphatic carbocycles. The number of hydrogen-bond acceptors (Lipinski definition) is 4. The molecule has 1 N–H and O–H groups in total. The zero-order chi connectivity index (χ0) is 21.2. The highest BCUT2D eigenvalue weighted by Crippen LogP contribution is 2.34. The second-order valence-corrected chi connectivity index (χ2v) is 7.75. The summed E-state index contributed by atoms with van der Waals surface area (Å²) < 4.78 is 5.62. The molecule has 160 valence electrons. The largest absolute Gasteiger partial charge is 0.479 e. The molecule has 1 aromatic carbocycles. The van der Waals surface area contributed by atoms with Gasteiger partial charge in [0.1, 0.15) is 12.3 Å². The third kappa shape index (κ3) is 6.87. The zero-order valence-corrected chi connectivity index (χ0v) is 18.0. The Labute approximate surface area is 174 Å². The van der Waals surface area contributed by atoms with Crippen molar-refractivity contribution in [3.05, 3.63) is 23.8 Å². The molecule has 2 rings (SSSR count). The van der Waals surface area contributed by atoms with Crippen LogP contribution in [0.3, 0.4) is 0 Å². The lowest BCUT2D eigenvalue weighted by atomic mass is 10.1. The molecule has 1 aliphatic heterocycles. The fraction of sp³-hybridized carbons (Fsp3) is 0.609. The number of amides is 2. The fourth-order valence-electron chi connectivity index (χ4n) is 3.48. The van der Waals surface area contributed by atoms with E-state index in [-0.39, 0.29) is 24.1 Å². The highest BCUT2D eigenvalue weighted by molar-refractivity contribution is 6.05. The van der Waals surface area contributed by atoms with Gasteiger partial charge < -0.3 is 10.1 Å². The molecule has 0 radical (unpaired) electrons. The van der Waals surface area contributed by atoms with Gasteiger partial charge in [-0.15, -0.1) is 0 Å². The fourth-order valence-corrected chi connectivity index (χ4v) is 3.48. The van der Waals surface area contributed by atoms with E-state index in [1.807, 2.05) is 0 Å². The molecule has 0 fully saturated rings. The van der Waals surface area contributed by atoms with Crippen LogP contribution in [0.5, 0.6) is 5.75 Å². The lowest BCUT2D eigenvalue weighted by Gasteiger charge is -2.32. The number of anilines is 1. The van der Waals surface area contributed by atoms with Crippen LogP contribution in [0.2, 0.25) is 0 Å². The van der Waals surface area contributed by atoms with Crippen molar-refractivity contribution in [2.24, 2.45) is 0 Å². The third-order valence-electron chi connectivity index (χ3n) is 5.23. The van der Waals surface area contributed by atoms with Crippen molar-refractivity contribution in [2.75, 3.05) is 18.0 Å². The summed E-state index contributed by atoms with van der Waals surface area (Å²) in [4.78, 5) is 38.0. The predicted octanol–water partition coefficient (Wildman–Crippen LogP) is 4.26. The van der Waals surface area contributed by atoms with E-state index in [1.54, 1.807) is 25.1 Å². The van der Waals surface area contributed by atoms with Gasteiger partial charge in [0.25, 0.3) is 5.91 Å². The number of benzene rings is 1. The van der Waals surface area contributed by atoms with E-state index >= 15 is 0 Å². The molecule has 6 nitrogen and oxygen atoms in total. The average molecular weight is 403 g/mol. The van der Waals surface area contributed by atoms with E-state index in [0.29, 0.717) is 23.5 Å². The Balaban J connectivity index is 1.82. The Kier molecular flexibility index (Phi) is 9.16. The Bertz CT molecular complexity index is 717. The summed E-state index contributed by atoms with van der Waals surface area (Å²) in [6.45, 7) is 5.89. The van der Waals surface area contributed by atoms with Crippen LogP contribution in [0.25, 0.3) is 0 Å². The number of carbonyl (C=O) groups excluding carboxylic acids is 3. The van der Waals surface area contributed by atoms with Crippen molar-refractivity contribution in [3.8, 4) is 5.75 Å². The number of nitrogens with zero attached hydrogens (tertiary/aromatic N) is 1. The normalized spacial score (nSPS) is 15.6. The summed E-state index contributed by atoms with van der Waals surface area (Å²) in [5, 5.41) is 2.90. The Hall–Kier alpha value is -2.37. The van der Waals surface area contributed by atoms with Gasteiger partial charge in [-0.1, -0.05) is 51.9 Å². The van der Waals surface area contributed by atoms with Crippen LogP contribution in [-0.4, -0.2) is 36.8 Å². The second-order valence-electron chi connectivity index (χ2n) is 7.75. The minimum absolute atomic E-state index is 0.0715. The van der Waals surface area contributed by atoms with Crippen molar-refractivity contribution in [3.63, 3.8) is 0 Å². The number of unbranched alkanes of at least 4 members (excludes halogenated alkanes) is 7. The molecule has 0 spiro atoms. The monoisotopic (exact) mass is 402 g/mol. The first kappa shape index (κ1) is 22.9. The summed E-state index contributed by atoms with van der Waals surface area (Å²) in [6.07, 6.45) is 9.01. The van der Waals surface area contributed by atoms with Crippen LogP contribution in [0.4, 0.5) is 5.69 Å². The molecule has 0 bridgehead atoms.